The van der Waals surface area contributed by atoms with Crippen LogP contribution in [0.4, 0.5) is 0 Å². The Labute approximate surface area is 203 Å². The summed E-state index contributed by atoms with van der Waals surface area (Å²) in [5.41, 5.74) is 0.295. The fourth-order valence-corrected chi connectivity index (χ4v) is 2.91. The third-order valence-corrected chi connectivity index (χ3v) is 4.73. The minimum absolute atomic E-state index is 0.00450. The first-order valence-corrected chi connectivity index (χ1v) is 10.7. The van der Waals surface area contributed by atoms with Gasteiger partial charge in [0.1, 0.15) is 31.1 Å². The fraction of sp³-hybridized carbons (Fsp3) is 0.318. The number of rotatable bonds is 11. The molecule has 36 heavy (non-hydrogen) atoms. The zero-order valence-electron chi connectivity index (χ0n) is 19.2. The molecule has 186 valence electrons. The van der Waals surface area contributed by atoms with E-state index in [1.807, 2.05) is 6.92 Å². The molecule has 0 radical (unpaired) electrons. The van der Waals surface area contributed by atoms with Crippen LogP contribution < -0.4 is 5.32 Å². The maximum Gasteiger partial charge on any atom is 0.360 e. The first kappa shape index (κ1) is 24.4. The van der Waals surface area contributed by atoms with Crippen LogP contribution in [0.3, 0.4) is 0 Å². The highest BCUT2D eigenvalue weighted by Crippen LogP contribution is 2.23. The van der Waals surface area contributed by atoms with Crippen molar-refractivity contribution in [3.8, 4) is 29.2 Å². The van der Waals surface area contributed by atoms with Crippen molar-refractivity contribution < 1.29 is 36.7 Å². The first-order chi connectivity index (χ1) is 17.5. The number of carbonyl (C=O) groups excluding carboxylic acids is 2. The Morgan fingerprint density at radius 3 is 2.39 bits per heavy atom. The normalized spacial score (nSPS) is 11.7. The minimum Gasteiger partial charge on any atom is -0.464 e. The van der Waals surface area contributed by atoms with Gasteiger partial charge < -0.3 is 32.5 Å². The van der Waals surface area contributed by atoms with Gasteiger partial charge in [-0.1, -0.05) is 13.3 Å². The molecule has 14 nitrogen and oxygen atoms in total. The zero-order chi connectivity index (χ0) is 25.5. The molecule has 1 unspecified atom stereocenters. The van der Waals surface area contributed by atoms with Crippen LogP contribution in [0.15, 0.2) is 42.7 Å². The van der Waals surface area contributed by atoms with E-state index in [0.29, 0.717) is 6.61 Å². The average Bonchev–Trinajstić information content (AvgIpc) is 3.70. The molecule has 4 heterocycles. The number of hydrogen-bond donors (Lipinski definition) is 1. The van der Waals surface area contributed by atoms with Crippen molar-refractivity contribution in [2.45, 2.75) is 25.8 Å². The lowest BCUT2D eigenvalue weighted by atomic mass is 10.3. The molecular weight excluding hydrogens is 476 g/mol. The number of unbranched alkanes of at least 4 members (excludes halogenated alkanes) is 1. The Morgan fingerprint density at radius 1 is 1.00 bits per heavy atom. The summed E-state index contributed by atoms with van der Waals surface area (Å²) in [6.07, 6.45) is 6.52. The Morgan fingerprint density at radius 2 is 1.69 bits per heavy atom. The van der Waals surface area contributed by atoms with Crippen LogP contribution in [0, 0.1) is 11.3 Å². The molecular formula is C22H20N6O8. The van der Waals surface area contributed by atoms with Crippen molar-refractivity contribution in [1.82, 2.24) is 25.3 Å². The van der Waals surface area contributed by atoms with Crippen molar-refractivity contribution in [3.05, 3.63) is 48.2 Å². The number of ether oxygens (including phenoxy) is 2. The van der Waals surface area contributed by atoms with Gasteiger partial charge in [-0.05, 0) is 6.42 Å². The number of aromatic nitrogens is 4. The molecule has 0 bridgehead atoms. The van der Waals surface area contributed by atoms with E-state index in [1.54, 1.807) is 6.07 Å². The predicted octanol–water partition coefficient (Wildman–Crippen LogP) is 2.92. The number of hydrogen-bond acceptors (Lipinski definition) is 13. The van der Waals surface area contributed by atoms with E-state index in [2.05, 4.69) is 30.0 Å². The van der Waals surface area contributed by atoms with Gasteiger partial charge in [0.25, 0.3) is 5.91 Å². The van der Waals surface area contributed by atoms with Crippen LogP contribution in [-0.4, -0.2) is 52.1 Å². The van der Waals surface area contributed by atoms with Crippen molar-refractivity contribution in [2.24, 2.45) is 0 Å². The second-order valence-electron chi connectivity index (χ2n) is 7.24. The van der Waals surface area contributed by atoms with Gasteiger partial charge in [-0.25, -0.2) is 19.7 Å². The largest absolute Gasteiger partial charge is 0.464 e. The molecule has 4 aromatic rings. The van der Waals surface area contributed by atoms with Crippen molar-refractivity contribution in [1.29, 1.82) is 5.26 Å². The van der Waals surface area contributed by atoms with Crippen LogP contribution >= 0.6 is 0 Å². The number of nitrogens with one attached hydrogen (secondary N) is 1. The standard InChI is InChI=1S/C22H20N6O8/c1-3-4-5-32-7-13(19-27-15(10-35-19)21-28-16(11-36-21)22(30)31-2)25-18(29)12-8-34-20(26-12)14-9-33-17(6-23)24-14/h8-11,13H,3-5,7H2,1-2H3,(H,25,29). The van der Waals surface area contributed by atoms with Gasteiger partial charge >= 0.3 is 11.9 Å². The summed E-state index contributed by atoms with van der Waals surface area (Å²) >= 11 is 0. The fourth-order valence-electron chi connectivity index (χ4n) is 2.91. The van der Waals surface area contributed by atoms with E-state index in [0.717, 1.165) is 25.4 Å². The maximum atomic E-state index is 12.9. The summed E-state index contributed by atoms with van der Waals surface area (Å²) < 4.78 is 31.3. The van der Waals surface area contributed by atoms with Crippen LogP contribution in [0.5, 0.6) is 0 Å². The first-order valence-electron chi connectivity index (χ1n) is 10.7. The molecule has 0 aliphatic rings. The van der Waals surface area contributed by atoms with Gasteiger partial charge in [0, 0.05) is 6.61 Å². The van der Waals surface area contributed by atoms with E-state index >= 15 is 0 Å². The lowest BCUT2D eigenvalue weighted by Crippen LogP contribution is -2.32. The molecule has 0 saturated carbocycles. The van der Waals surface area contributed by atoms with Gasteiger partial charge in [0.15, 0.2) is 28.8 Å². The number of nitrogens with zero attached hydrogens (tertiary/aromatic N) is 5. The van der Waals surface area contributed by atoms with E-state index < -0.39 is 17.9 Å². The molecule has 0 spiro atoms. The minimum atomic E-state index is -0.796. The molecule has 0 saturated heterocycles. The Balaban J connectivity index is 1.50. The van der Waals surface area contributed by atoms with Crippen LogP contribution in [-0.2, 0) is 9.47 Å². The van der Waals surface area contributed by atoms with Gasteiger partial charge in [-0.15, -0.1) is 0 Å². The third kappa shape index (κ3) is 5.47. The lowest BCUT2D eigenvalue weighted by molar-refractivity contribution is 0.0594. The zero-order valence-corrected chi connectivity index (χ0v) is 19.2. The second-order valence-corrected chi connectivity index (χ2v) is 7.24. The summed E-state index contributed by atoms with van der Waals surface area (Å²) in [4.78, 5) is 40.8. The van der Waals surface area contributed by atoms with Crippen LogP contribution in [0.2, 0.25) is 0 Å². The highest BCUT2D eigenvalue weighted by molar-refractivity contribution is 5.92. The van der Waals surface area contributed by atoms with E-state index in [9.17, 15) is 9.59 Å². The maximum absolute atomic E-state index is 12.9. The molecule has 1 amide bonds. The topological polar surface area (TPSA) is 193 Å². The summed E-state index contributed by atoms with van der Waals surface area (Å²) in [6.45, 7) is 2.56. The molecule has 14 heteroatoms. The number of carbonyl (C=O) groups is 2. The predicted molar refractivity (Wildman–Crippen MR) is 116 cm³/mol. The molecule has 1 N–H and O–H groups in total. The highest BCUT2D eigenvalue weighted by Gasteiger charge is 2.25. The summed E-state index contributed by atoms with van der Waals surface area (Å²) in [5.74, 6) is -1.26. The van der Waals surface area contributed by atoms with Crippen LogP contribution in [0.25, 0.3) is 23.2 Å². The Hall–Kier alpha value is -4.77. The van der Waals surface area contributed by atoms with Gasteiger partial charge in [0.05, 0.1) is 13.7 Å². The summed E-state index contributed by atoms with van der Waals surface area (Å²) in [5, 5.41) is 11.6. The van der Waals surface area contributed by atoms with Gasteiger partial charge in [-0.3, -0.25) is 4.79 Å². The smallest absolute Gasteiger partial charge is 0.360 e. The Kier molecular flexibility index (Phi) is 7.51. The monoisotopic (exact) mass is 496 g/mol. The number of oxazole rings is 4. The van der Waals surface area contributed by atoms with E-state index in [-0.39, 0.29) is 52.9 Å². The number of methoxy groups -OCH3 is 1. The third-order valence-electron chi connectivity index (χ3n) is 4.73. The van der Waals surface area contributed by atoms with Gasteiger partial charge in [0.2, 0.25) is 17.7 Å². The lowest BCUT2D eigenvalue weighted by Gasteiger charge is -2.15. The number of nitriles is 1. The van der Waals surface area contributed by atoms with E-state index in [1.165, 1.54) is 19.6 Å². The Bertz CT molecular complexity index is 1380. The number of amides is 1. The molecule has 0 aliphatic carbocycles. The second kappa shape index (κ2) is 11.1. The van der Waals surface area contributed by atoms with E-state index in [4.69, 9.17) is 27.7 Å². The van der Waals surface area contributed by atoms with Crippen molar-refractivity contribution in [3.63, 3.8) is 0 Å². The highest BCUT2D eigenvalue weighted by atomic mass is 16.5. The summed E-state index contributed by atoms with van der Waals surface area (Å²) in [6, 6.07) is 0.955. The molecule has 0 aliphatic heterocycles. The quantitative estimate of drug-likeness (QED) is 0.235. The molecule has 0 fully saturated rings. The molecule has 0 aromatic carbocycles. The van der Waals surface area contributed by atoms with Crippen LogP contribution in [0.1, 0.15) is 58.6 Å². The summed E-state index contributed by atoms with van der Waals surface area (Å²) in [7, 11) is 1.23. The number of esters is 1. The molecule has 4 aromatic heterocycles. The van der Waals surface area contributed by atoms with Crippen molar-refractivity contribution >= 4 is 11.9 Å². The average molecular weight is 496 g/mol. The molecule has 4 rings (SSSR count). The molecule has 1 atom stereocenters. The SMILES string of the molecule is CCCCOCC(NC(=O)c1coc(-c2coc(C#N)n2)n1)c1nc(-c2nc(C(=O)OC)co2)co1. The van der Waals surface area contributed by atoms with Gasteiger partial charge in [-0.2, -0.15) is 10.2 Å². The van der Waals surface area contributed by atoms with Crippen molar-refractivity contribution in [2.75, 3.05) is 20.3 Å².